The summed E-state index contributed by atoms with van der Waals surface area (Å²) in [5.74, 6) is 0.824. The van der Waals surface area contributed by atoms with Crippen LogP contribution in [0.4, 0.5) is 4.39 Å². The number of methoxy groups -OCH3 is 1. The molecule has 1 saturated heterocycles. The van der Waals surface area contributed by atoms with Crippen molar-refractivity contribution in [1.82, 2.24) is 20.1 Å². The van der Waals surface area contributed by atoms with E-state index >= 15 is 0 Å². The van der Waals surface area contributed by atoms with Gasteiger partial charge >= 0.3 is 0 Å². The molecular weight excluding hydrogens is 407 g/mol. The lowest BCUT2D eigenvalue weighted by molar-refractivity contribution is -0.135. The smallest absolute Gasteiger partial charge is 0.226 e. The van der Waals surface area contributed by atoms with Gasteiger partial charge in [-0.1, -0.05) is 6.07 Å². The molecule has 1 aromatic carbocycles. The Morgan fingerprint density at radius 1 is 1.25 bits per heavy atom. The summed E-state index contributed by atoms with van der Waals surface area (Å²) >= 11 is 0. The standard InChI is InChI=1S/C25H29FN4O2/c1-3-30-22-14-17(13-20(26)19(22)15-28-30)21-6-5-18(23(29-21)32-2)16-7-10-25(11-8-16)9-4-12-27-24(25)31/h5-6,13-16H,3-4,7-12H2,1-2H3,(H,27,31). The van der Waals surface area contributed by atoms with Crippen LogP contribution in [-0.2, 0) is 11.3 Å². The van der Waals surface area contributed by atoms with E-state index in [0.29, 0.717) is 35.0 Å². The van der Waals surface area contributed by atoms with Crippen molar-refractivity contribution in [3.63, 3.8) is 0 Å². The van der Waals surface area contributed by atoms with Crippen LogP contribution in [0.25, 0.3) is 22.2 Å². The third-order valence-electron chi connectivity index (χ3n) is 7.37. The van der Waals surface area contributed by atoms with Crippen molar-refractivity contribution >= 4 is 16.8 Å². The molecule has 1 spiro atoms. The van der Waals surface area contributed by atoms with Crippen molar-refractivity contribution < 1.29 is 13.9 Å². The minimum absolute atomic E-state index is 0.190. The highest BCUT2D eigenvalue weighted by atomic mass is 19.1. The summed E-state index contributed by atoms with van der Waals surface area (Å²) < 4.78 is 22.1. The molecule has 0 radical (unpaired) electrons. The fraction of sp³-hybridized carbons (Fsp3) is 0.480. The molecule has 0 bridgehead atoms. The Morgan fingerprint density at radius 3 is 2.78 bits per heavy atom. The molecule has 32 heavy (non-hydrogen) atoms. The Balaban J connectivity index is 1.43. The number of nitrogens with zero attached hydrogens (tertiary/aromatic N) is 3. The largest absolute Gasteiger partial charge is 0.481 e. The summed E-state index contributed by atoms with van der Waals surface area (Å²) in [6.45, 7) is 3.45. The number of nitrogens with one attached hydrogen (secondary N) is 1. The monoisotopic (exact) mass is 436 g/mol. The maximum absolute atomic E-state index is 14.7. The zero-order chi connectivity index (χ0) is 22.3. The molecule has 2 aliphatic rings. The fourth-order valence-corrected chi connectivity index (χ4v) is 5.51. The number of benzene rings is 1. The van der Waals surface area contributed by atoms with Gasteiger partial charge in [-0.2, -0.15) is 5.10 Å². The van der Waals surface area contributed by atoms with Crippen LogP contribution in [0, 0.1) is 11.2 Å². The van der Waals surface area contributed by atoms with E-state index in [0.717, 1.165) is 56.1 Å². The average molecular weight is 437 g/mol. The van der Waals surface area contributed by atoms with Crippen molar-refractivity contribution in [2.45, 2.75) is 57.9 Å². The van der Waals surface area contributed by atoms with Gasteiger partial charge in [-0.05, 0) is 69.6 Å². The van der Waals surface area contributed by atoms with E-state index in [9.17, 15) is 9.18 Å². The molecule has 3 heterocycles. The highest BCUT2D eigenvalue weighted by Crippen LogP contribution is 2.48. The number of ether oxygens (including phenoxy) is 1. The predicted molar refractivity (Wildman–Crippen MR) is 121 cm³/mol. The summed E-state index contributed by atoms with van der Waals surface area (Å²) in [7, 11) is 1.63. The molecule has 1 aliphatic heterocycles. The summed E-state index contributed by atoms with van der Waals surface area (Å²) in [6.07, 6.45) is 7.31. The van der Waals surface area contributed by atoms with E-state index in [1.54, 1.807) is 18.0 Å². The summed E-state index contributed by atoms with van der Waals surface area (Å²) in [5.41, 5.74) is 3.02. The quantitative estimate of drug-likeness (QED) is 0.637. The van der Waals surface area contributed by atoms with Gasteiger partial charge in [-0.3, -0.25) is 9.48 Å². The van der Waals surface area contributed by atoms with Gasteiger partial charge < -0.3 is 10.1 Å². The summed E-state index contributed by atoms with van der Waals surface area (Å²) in [5, 5.41) is 7.83. The molecule has 0 unspecified atom stereocenters. The Labute approximate surface area is 187 Å². The second-order valence-corrected chi connectivity index (χ2v) is 9.06. The molecule has 168 valence electrons. The molecule has 1 N–H and O–H groups in total. The van der Waals surface area contributed by atoms with Crippen LogP contribution < -0.4 is 10.1 Å². The van der Waals surface area contributed by atoms with E-state index in [-0.39, 0.29) is 17.1 Å². The molecule has 1 saturated carbocycles. The second-order valence-electron chi connectivity index (χ2n) is 9.06. The molecule has 6 nitrogen and oxygen atoms in total. The van der Waals surface area contributed by atoms with Gasteiger partial charge in [0, 0.05) is 29.6 Å². The van der Waals surface area contributed by atoms with Gasteiger partial charge in [0.1, 0.15) is 5.82 Å². The Kier molecular flexibility index (Phi) is 5.35. The summed E-state index contributed by atoms with van der Waals surface area (Å²) in [4.78, 5) is 17.2. The van der Waals surface area contributed by atoms with Crippen molar-refractivity contribution in [2.24, 2.45) is 5.41 Å². The lowest BCUT2D eigenvalue weighted by Gasteiger charge is -2.41. The Morgan fingerprint density at radius 2 is 2.06 bits per heavy atom. The summed E-state index contributed by atoms with van der Waals surface area (Å²) in [6, 6.07) is 7.45. The predicted octanol–water partition coefficient (Wildman–Crippen LogP) is 4.82. The van der Waals surface area contributed by atoms with Crippen molar-refractivity contribution in [3.05, 3.63) is 41.8 Å². The number of hydrogen-bond donors (Lipinski definition) is 1. The van der Waals surface area contributed by atoms with Crippen LogP contribution in [0.1, 0.15) is 56.9 Å². The zero-order valence-corrected chi connectivity index (χ0v) is 18.7. The number of fused-ring (bicyclic) bond motifs is 1. The Bertz CT molecular complexity index is 1160. The van der Waals surface area contributed by atoms with Gasteiger partial charge in [0.25, 0.3) is 0 Å². The van der Waals surface area contributed by atoms with E-state index in [2.05, 4.69) is 16.5 Å². The molecular formula is C25H29FN4O2. The normalized spacial score (nSPS) is 23.5. The highest BCUT2D eigenvalue weighted by Gasteiger charge is 2.43. The van der Waals surface area contributed by atoms with Crippen LogP contribution in [-0.4, -0.2) is 34.3 Å². The number of carbonyl (C=O) groups is 1. The van der Waals surface area contributed by atoms with E-state index < -0.39 is 0 Å². The fourth-order valence-electron chi connectivity index (χ4n) is 5.51. The number of pyridine rings is 1. The SMILES string of the molecule is CCn1ncc2c(F)cc(-c3ccc(C4CCC5(CCCNC5=O)CC4)c(OC)n3)cc21. The Hall–Kier alpha value is -2.96. The number of aromatic nitrogens is 3. The van der Waals surface area contributed by atoms with Gasteiger partial charge in [-0.25, -0.2) is 9.37 Å². The zero-order valence-electron chi connectivity index (χ0n) is 18.7. The minimum atomic E-state index is -0.301. The lowest BCUT2D eigenvalue weighted by atomic mass is 9.65. The first-order valence-corrected chi connectivity index (χ1v) is 11.5. The molecule has 5 rings (SSSR count). The maximum atomic E-state index is 14.7. The third kappa shape index (κ3) is 3.44. The first kappa shape index (κ1) is 20.9. The van der Waals surface area contributed by atoms with Gasteiger partial charge in [0.2, 0.25) is 11.8 Å². The molecule has 2 fully saturated rings. The van der Waals surface area contributed by atoms with Crippen LogP contribution in [0.2, 0.25) is 0 Å². The van der Waals surface area contributed by atoms with Crippen molar-refractivity contribution in [2.75, 3.05) is 13.7 Å². The first-order chi connectivity index (χ1) is 15.5. The van der Waals surface area contributed by atoms with Crippen molar-refractivity contribution in [1.29, 1.82) is 0 Å². The molecule has 1 amide bonds. The number of piperidine rings is 1. The van der Waals surface area contributed by atoms with Crippen molar-refractivity contribution in [3.8, 4) is 17.1 Å². The number of halogens is 1. The van der Waals surface area contributed by atoms with Gasteiger partial charge in [0.15, 0.2) is 0 Å². The van der Waals surface area contributed by atoms with Gasteiger partial charge in [0.05, 0.1) is 29.9 Å². The van der Waals surface area contributed by atoms with E-state index in [1.807, 2.05) is 19.1 Å². The number of amides is 1. The maximum Gasteiger partial charge on any atom is 0.226 e. The topological polar surface area (TPSA) is 69.0 Å². The minimum Gasteiger partial charge on any atom is -0.481 e. The first-order valence-electron chi connectivity index (χ1n) is 11.5. The van der Waals surface area contributed by atoms with Crippen LogP contribution >= 0.6 is 0 Å². The number of rotatable bonds is 4. The van der Waals surface area contributed by atoms with E-state index in [4.69, 9.17) is 9.72 Å². The number of hydrogen-bond acceptors (Lipinski definition) is 4. The van der Waals surface area contributed by atoms with Crippen LogP contribution in [0.5, 0.6) is 5.88 Å². The third-order valence-corrected chi connectivity index (χ3v) is 7.37. The number of aryl methyl sites for hydroxylation is 1. The van der Waals surface area contributed by atoms with Gasteiger partial charge in [-0.15, -0.1) is 0 Å². The number of carbonyl (C=O) groups excluding carboxylic acids is 1. The highest BCUT2D eigenvalue weighted by molar-refractivity contribution is 5.85. The molecule has 3 aromatic rings. The molecule has 2 aromatic heterocycles. The molecule has 0 atom stereocenters. The van der Waals surface area contributed by atoms with Crippen LogP contribution in [0.15, 0.2) is 30.5 Å². The molecule has 7 heteroatoms. The van der Waals surface area contributed by atoms with E-state index in [1.165, 1.54) is 6.07 Å². The lowest BCUT2D eigenvalue weighted by Crippen LogP contribution is -2.47. The average Bonchev–Trinajstić information content (AvgIpc) is 3.25. The second kappa shape index (κ2) is 8.19. The van der Waals surface area contributed by atoms with Crippen LogP contribution in [0.3, 0.4) is 0 Å². The molecule has 1 aliphatic carbocycles.